The lowest BCUT2D eigenvalue weighted by molar-refractivity contribution is -0.149. The van der Waals surface area contributed by atoms with Crippen LogP contribution in [0, 0.1) is 5.92 Å². The van der Waals surface area contributed by atoms with Gasteiger partial charge in [-0.3, -0.25) is 14.6 Å². The van der Waals surface area contributed by atoms with Crippen LogP contribution in [0.25, 0.3) is 0 Å². The number of carbonyl (C=O) groups excluding carboxylic acids is 3. The van der Waals surface area contributed by atoms with E-state index >= 15 is 0 Å². The Morgan fingerprint density at radius 3 is 2.61 bits per heavy atom. The van der Waals surface area contributed by atoms with Crippen molar-refractivity contribution in [3.05, 3.63) is 75.0 Å². The van der Waals surface area contributed by atoms with Gasteiger partial charge in [0.15, 0.2) is 5.78 Å². The summed E-state index contributed by atoms with van der Waals surface area (Å²) in [5.74, 6) is -3.46. The van der Waals surface area contributed by atoms with Crippen molar-refractivity contribution < 1.29 is 23.9 Å². The second-order valence-corrected chi connectivity index (χ2v) is 8.44. The molecule has 2 aromatic rings. The predicted molar refractivity (Wildman–Crippen MR) is 114 cm³/mol. The van der Waals surface area contributed by atoms with Crippen molar-refractivity contribution in [3.8, 4) is 0 Å². The average Bonchev–Trinajstić information content (AvgIpc) is 3.32. The number of allylic oxidation sites excluding steroid dienone is 3. The second kappa shape index (κ2) is 8.47. The second-order valence-electron chi connectivity index (χ2n) is 7.46. The van der Waals surface area contributed by atoms with Crippen LogP contribution in [0.4, 0.5) is 0 Å². The normalized spacial score (nSPS) is 23.2. The predicted octanol–water partition coefficient (Wildman–Crippen LogP) is 3.08. The highest BCUT2D eigenvalue weighted by Gasteiger charge is 2.49. The molecule has 1 aliphatic carbocycles. The molecule has 3 heterocycles. The van der Waals surface area contributed by atoms with E-state index < -0.39 is 23.8 Å². The van der Waals surface area contributed by atoms with Crippen LogP contribution in [0.2, 0.25) is 0 Å². The Hall–Kier alpha value is -3.26. The molecule has 2 aromatic heterocycles. The molecule has 0 aromatic carbocycles. The van der Waals surface area contributed by atoms with Crippen LogP contribution in [0.1, 0.15) is 35.6 Å². The zero-order valence-corrected chi connectivity index (χ0v) is 18.2. The molecule has 0 unspecified atom stereocenters. The fourth-order valence-corrected chi connectivity index (χ4v) is 5.33. The van der Waals surface area contributed by atoms with E-state index in [1.807, 2.05) is 23.6 Å². The van der Waals surface area contributed by atoms with Crippen molar-refractivity contribution in [2.75, 3.05) is 14.2 Å². The van der Waals surface area contributed by atoms with Gasteiger partial charge in [0.25, 0.3) is 0 Å². The minimum absolute atomic E-state index is 0.334. The number of methoxy groups -OCH3 is 2. The van der Waals surface area contributed by atoms with Gasteiger partial charge in [0.1, 0.15) is 5.92 Å². The molecule has 1 aliphatic heterocycles. The largest absolute Gasteiger partial charge is 0.468 e. The highest BCUT2D eigenvalue weighted by molar-refractivity contribution is 7.10. The standard InChI is InChI=1S/C23H22N2O5S/c1-12-17(22(27)29-2)18(13-6-4-8-24-11-13)20-15(25-12)10-14(16-7-5-9-31-16)19(21(20)26)23(28)30-3/h4-9,11,14,18-19,25H,10H2,1-3H3/t14-,18+,19-/m1/s1. The van der Waals surface area contributed by atoms with Gasteiger partial charge < -0.3 is 14.8 Å². The van der Waals surface area contributed by atoms with Crippen LogP contribution in [0.3, 0.4) is 0 Å². The van der Waals surface area contributed by atoms with Gasteiger partial charge in [0, 0.05) is 46.1 Å². The van der Waals surface area contributed by atoms with Gasteiger partial charge >= 0.3 is 11.9 Å². The SMILES string of the molecule is COC(=O)C1=C(C)NC2=C(C(=O)[C@H](C(=O)OC)[C@@H](c3cccs3)C2)[C@H]1c1cccnc1. The lowest BCUT2D eigenvalue weighted by atomic mass is 9.68. The minimum atomic E-state index is -0.985. The molecular formula is C23H22N2O5S. The Balaban J connectivity index is 1.90. The Morgan fingerprint density at radius 2 is 2.00 bits per heavy atom. The number of aromatic nitrogens is 1. The maximum Gasteiger partial charge on any atom is 0.336 e. The van der Waals surface area contributed by atoms with Gasteiger partial charge in [-0.25, -0.2) is 4.79 Å². The number of hydrogen-bond donors (Lipinski definition) is 1. The van der Waals surface area contributed by atoms with Crippen molar-refractivity contribution in [2.24, 2.45) is 5.92 Å². The number of ketones is 1. The van der Waals surface area contributed by atoms with Crippen LogP contribution in [0.5, 0.6) is 0 Å². The lowest BCUT2D eigenvalue weighted by Gasteiger charge is -2.38. The summed E-state index contributed by atoms with van der Waals surface area (Å²) in [6.45, 7) is 1.79. The molecule has 1 N–H and O–H groups in total. The Bertz CT molecular complexity index is 1090. The number of ether oxygens (including phenoxy) is 2. The first-order valence-corrected chi connectivity index (χ1v) is 10.7. The maximum absolute atomic E-state index is 13.8. The highest BCUT2D eigenvalue weighted by atomic mass is 32.1. The Kier molecular flexibility index (Phi) is 5.73. The van der Waals surface area contributed by atoms with E-state index in [2.05, 4.69) is 10.3 Å². The summed E-state index contributed by atoms with van der Waals surface area (Å²) < 4.78 is 10.0. The van der Waals surface area contributed by atoms with E-state index in [9.17, 15) is 14.4 Å². The van der Waals surface area contributed by atoms with Gasteiger partial charge in [0.2, 0.25) is 0 Å². The summed E-state index contributed by atoms with van der Waals surface area (Å²) in [6.07, 6.45) is 3.70. The molecule has 0 saturated heterocycles. The molecule has 0 amide bonds. The first-order valence-electron chi connectivity index (χ1n) is 9.82. The van der Waals surface area contributed by atoms with Crippen molar-refractivity contribution in [1.82, 2.24) is 10.3 Å². The van der Waals surface area contributed by atoms with Crippen LogP contribution >= 0.6 is 11.3 Å². The monoisotopic (exact) mass is 438 g/mol. The average molecular weight is 439 g/mol. The molecule has 0 fully saturated rings. The lowest BCUT2D eigenvalue weighted by Crippen LogP contribution is -2.43. The van der Waals surface area contributed by atoms with Gasteiger partial charge in [0.05, 0.1) is 19.8 Å². The van der Waals surface area contributed by atoms with E-state index in [1.165, 1.54) is 25.6 Å². The molecule has 0 spiro atoms. The van der Waals surface area contributed by atoms with Gasteiger partial charge in [-0.05, 0) is 36.4 Å². The van der Waals surface area contributed by atoms with Crippen molar-refractivity contribution in [3.63, 3.8) is 0 Å². The fraction of sp³-hybridized carbons (Fsp3) is 0.304. The number of carbonyl (C=O) groups is 3. The van der Waals surface area contributed by atoms with E-state index in [4.69, 9.17) is 9.47 Å². The molecule has 2 aliphatic rings. The third-order valence-corrected chi connectivity index (χ3v) is 6.81. The Labute approximate surface area is 183 Å². The fourth-order valence-electron chi connectivity index (χ4n) is 4.46. The number of nitrogens with one attached hydrogen (secondary N) is 1. The molecule has 31 heavy (non-hydrogen) atoms. The van der Waals surface area contributed by atoms with Gasteiger partial charge in [-0.1, -0.05) is 12.1 Å². The molecule has 0 bridgehead atoms. The smallest absolute Gasteiger partial charge is 0.336 e. The molecule has 8 heteroatoms. The zero-order valence-electron chi connectivity index (χ0n) is 17.4. The summed E-state index contributed by atoms with van der Waals surface area (Å²) in [6, 6.07) is 7.39. The maximum atomic E-state index is 13.8. The number of thiophene rings is 1. The summed E-state index contributed by atoms with van der Waals surface area (Å²) in [5.41, 5.74) is 2.74. The summed E-state index contributed by atoms with van der Waals surface area (Å²) in [5, 5.41) is 5.17. The molecular weight excluding hydrogens is 416 g/mol. The zero-order chi connectivity index (χ0) is 22.1. The first-order chi connectivity index (χ1) is 15.0. The summed E-state index contributed by atoms with van der Waals surface area (Å²) in [4.78, 5) is 44.4. The topological polar surface area (TPSA) is 94.6 Å². The summed E-state index contributed by atoms with van der Waals surface area (Å²) in [7, 11) is 2.59. The summed E-state index contributed by atoms with van der Waals surface area (Å²) >= 11 is 1.50. The number of hydrogen-bond acceptors (Lipinski definition) is 8. The van der Waals surface area contributed by atoms with Crippen LogP contribution < -0.4 is 5.32 Å². The van der Waals surface area contributed by atoms with Crippen molar-refractivity contribution in [1.29, 1.82) is 0 Å². The number of esters is 2. The van der Waals surface area contributed by atoms with Crippen LogP contribution in [-0.4, -0.2) is 36.9 Å². The molecule has 160 valence electrons. The minimum Gasteiger partial charge on any atom is -0.468 e. The number of nitrogens with zero attached hydrogens (tertiary/aromatic N) is 1. The number of pyridine rings is 1. The number of dihydropyridines is 1. The molecule has 0 saturated carbocycles. The Morgan fingerprint density at radius 1 is 1.19 bits per heavy atom. The van der Waals surface area contributed by atoms with E-state index in [0.717, 1.165) is 4.88 Å². The van der Waals surface area contributed by atoms with Crippen LogP contribution in [0.15, 0.2) is 64.6 Å². The first kappa shape index (κ1) is 21.0. The third-order valence-electron chi connectivity index (χ3n) is 5.81. The van der Waals surface area contributed by atoms with E-state index in [-0.39, 0.29) is 11.7 Å². The number of rotatable bonds is 4. The number of Topliss-reactive ketones (excluding diaryl/α,β-unsaturated/α-hetero) is 1. The molecule has 7 nitrogen and oxygen atoms in total. The molecule has 4 rings (SSSR count). The highest BCUT2D eigenvalue weighted by Crippen LogP contribution is 2.48. The molecule has 3 atom stereocenters. The third kappa shape index (κ3) is 3.57. The van der Waals surface area contributed by atoms with Crippen molar-refractivity contribution in [2.45, 2.75) is 25.2 Å². The molecule has 0 radical (unpaired) electrons. The van der Waals surface area contributed by atoms with Crippen LogP contribution in [-0.2, 0) is 23.9 Å². The van der Waals surface area contributed by atoms with E-state index in [1.54, 1.807) is 25.4 Å². The van der Waals surface area contributed by atoms with Crippen molar-refractivity contribution >= 4 is 29.1 Å². The van der Waals surface area contributed by atoms with Gasteiger partial charge in [-0.2, -0.15) is 0 Å². The van der Waals surface area contributed by atoms with E-state index in [0.29, 0.717) is 34.5 Å². The quantitative estimate of drug-likeness (QED) is 0.579. The van der Waals surface area contributed by atoms with Gasteiger partial charge in [-0.15, -0.1) is 11.3 Å².